The molecule has 2 fully saturated rings. The predicted octanol–water partition coefficient (Wildman–Crippen LogP) is 2.10. The van der Waals surface area contributed by atoms with E-state index in [4.69, 9.17) is 4.74 Å². The van der Waals surface area contributed by atoms with Crippen LogP contribution in [0, 0.1) is 19.8 Å². The van der Waals surface area contributed by atoms with E-state index in [0.717, 1.165) is 16.0 Å². The quantitative estimate of drug-likeness (QED) is 0.581. The number of aromatic nitrogens is 2. The van der Waals surface area contributed by atoms with Gasteiger partial charge in [-0.05, 0) is 45.6 Å². The molecule has 180 valence electrons. The lowest BCUT2D eigenvalue weighted by atomic mass is 9.96. The Balaban J connectivity index is 1.34. The molecule has 2 saturated heterocycles. The SMILES string of the molecule is Cc1sc2ncnc(N3CCC(C(=O)O[C@H](C)C(=O)N(C)[C@H]4CCS(=O)(=O)C4)CC3)c2c1C. The maximum atomic E-state index is 12.7. The van der Waals surface area contributed by atoms with E-state index in [-0.39, 0.29) is 35.3 Å². The van der Waals surface area contributed by atoms with E-state index in [0.29, 0.717) is 32.4 Å². The van der Waals surface area contributed by atoms with Gasteiger partial charge < -0.3 is 14.5 Å². The second kappa shape index (κ2) is 9.17. The molecule has 0 aliphatic carbocycles. The van der Waals surface area contributed by atoms with Gasteiger partial charge in [0.05, 0.1) is 22.8 Å². The van der Waals surface area contributed by atoms with Gasteiger partial charge in [-0.15, -0.1) is 11.3 Å². The van der Waals surface area contributed by atoms with Gasteiger partial charge in [0.25, 0.3) is 5.91 Å². The fourth-order valence-corrected chi connectivity index (χ4v) is 7.36. The molecular formula is C22H30N4O5S2. The number of nitrogens with zero attached hydrogens (tertiary/aromatic N) is 4. The van der Waals surface area contributed by atoms with Crippen molar-refractivity contribution in [3.8, 4) is 0 Å². The zero-order valence-corrected chi connectivity index (χ0v) is 21.0. The van der Waals surface area contributed by atoms with Gasteiger partial charge in [-0.3, -0.25) is 9.59 Å². The molecule has 1 amide bonds. The van der Waals surface area contributed by atoms with Crippen LogP contribution in [-0.4, -0.2) is 79.0 Å². The lowest BCUT2D eigenvalue weighted by Crippen LogP contribution is -2.45. The van der Waals surface area contributed by atoms with Crippen LogP contribution >= 0.6 is 11.3 Å². The normalized spacial score (nSPS) is 21.8. The Morgan fingerprint density at radius 1 is 1.21 bits per heavy atom. The summed E-state index contributed by atoms with van der Waals surface area (Å²) in [6, 6.07) is -0.360. The molecule has 33 heavy (non-hydrogen) atoms. The molecular weight excluding hydrogens is 464 g/mol. The maximum absolute atomic E-state index is 12.7. The average molecular weight is 495 g/mol. The second-order valence-corrected chi connectivity index (χ2v) is 12.4. The van der Waals surface area contributed by atoms with Crippen LogP contribution in [-0.2, 0) is 24.2 Å². The molecule has 2 aromatic rings. The van der Waals surface area contributed by atoms with E-state index in [1.807, 2.05) is 0 Å². The molecule has 9 nitrogen and oxygen atoms in total. The van der Waals surface area contributed by atoms with E-state index in [2.05, 4.69) is 28.7 Å². The highest BCUT2D eigenvalue weighted by Crippen LogP contribution is 2.35. The van der Waals surface area contributed by atoms with E-state index < -0.39 is 15.9 Å². The zero-order chi connectivity index (χ0) is 23.9. The monoisotopic (exact) mass is 494 g/mol. The van der Waals surface area contributed by atoms with Gasteiger partial charge in [0, 0.05) is 31.1 Å². The number of piperidine rings is 1. The lowest BCUT2D eigenvalue weighted by Gasteiger charge is -2.33. The van der Waals surface area contributed by atoms with E-state index in [1.165, 1.54) is 15.3 Å². The number of likely N-dealkylation sites (N-methyl/N-ethyl adjacent to an activating group) is 1. The molecule has 0 aromatic carbocycles. The molecule has 4 rings (SSSR count). The minimum Gasteiger partial charge on any atom is -0.452 e. The maximum Gasteiger partial charge on any atom is 0.309 e. The first kappa shape index (κ1) is 23.9. The van der Waals surface area contributed by atoms with Crippen LogP contribution in [0.4, 0.5) is 5.82 Å². The van der Waals surface area contributed by atoms with Gasteiger partial charge in [-0.25, -0.2) is 18.4 Å². The van der Waals surface area contributed by atoms with E-state index in [9.17, 15) is 18.0 Å². The molecule has 0 saturated carbocycles. The Labute approximate surface area is 198 Å². The van der Waals surface area contributed by atoms with Gasteiger partial charge in [0.1, 0.15) is 17.0 Å². The Bertz CT molecular complexity index is 1170. The highest BCUT2D eigenvalue weighted by Gasteiger charge is 2.36. The van der Waals surface area contributed by atoms with Crippen molar-refractivity contribution >= 4 is 49.1 Å². The molecule has 11 heteroatoms. The van der Waals surface area contributed by atoms with Gasteiger partial charge in [-0.1, -0.05) is 0 Å². The number of carbonyl (C=O) groups excluding carboxylic acids is 2. The number of fused-ring (bicyclic) bond motifs is 1. The Morgan fingerprint density at radius 2 is 1.91 bits per heavy atom. The molecule has 2 aromatic heterocycles. The topological polar surface area (TPSA) is 110 Å². The average Bonchev–Trinajstić information content (AvgIpc) is 3.30. The summed E-state index contributed by atoms with van der Waals surface area (Å²) in [5.41, 5.74) is 1.19. The third kappa shape index (κ3) is 4.84. The van der Waals surface area contributed by atoms with Crippen molar-refractivity contribution in [2.45, 2.75) is 52.2 Å². The Morgan fingerprint density at radius 3 is 2.55 bits per heavy atom. The van der Waals surface area contributed by atoms with Crippen LogP contribution in [0.25, 0.3) is 10.2 Å². The van der Waals surface area contributed by atoms with Crippen molar-refractivity contribution in [3.63, 3.8) is 0 Å². The fraction of sp³-hybridized carbons (Fsp3) is 0.636. The molecule has 0 radical (unpaired) electrons. The van der Waals surface area contributed by atoms with Crippen molar-refractivity contribution in [3.05, 3.63) is 16.8 Å². The molecule has 2 aliphatic heterocycles. The van der Waals surface area contributed by atoms with Crippen LogP contribution in [0.3, 0.4) is 0 Å². The van der Waals surface area contributed by atoms with Crippen molar-refractivity contribution in [1.29, 1.82) is 0 Å². The number of esters is 1. The minimum atomic E-state index is -3.10. The molecule has 4 heterocycles. The fourth-order valence-electron chi connectivity index (χ4n) is 4.60. The number of thiophene rings is 1. The summed E-state index contributed by atoms with van der Waals surface area (Å²) < 4.78 is 28.9. The summed E-state index contributed by atoms with van der Waals surface area (Å²) in [6.07, 6.45) is 2.30. The molecule has 0 bridgehead atoms. The van der Waals surface area contributed by atoms with Crippen molar-refractivity contribution in [2.75, 3.05) is 36.5 Å². The van der Waals surface area contributed by atoms with Crippen molar-refractivity contribution in [2.24, 2.45) is 5.92 Å². The van der Waals surface area contributed by atoms with Crippen molar-refractivity contribution in [1.82, 2.24) is 14.9 Å². The molecule has 2 aliphatic rings. The zero-order valence-electron chi connectivity index (χ0n) is 19.4. The molecule has 0 spiro atoms. The van der Waals surface area contributed by atoms with Gasteiger partial charge in [-0.2, -0.15) is 0 Å². The number of rotatable bonds is 5. The predicted molar refractivity (Wildman–Crippen MR) is 127 cm³/mol. The third-order valence-electron chi connectivity index (χ3n) is 6.82. The summed E-state index contributed by atoms with van der Waals surface area (Å²) in [5, 5.41) is 1.08. The standard InChI is InChI=1S/C22H30N4O5S2/c1-13-15(3)32-20-18(13)19(23-12-24-20)26-8-5-16(6-9-26)22(28)31-14(2)21(27)25(4)17-7-10-33(29,30)11-17/h12,14,16-17H,5-11H2,1-4H3/t14-,17+/m1/s1. The molecule has 2 atom stereocenters. The molecule has 0 N–H and O–H groups in total. The molecule has 0 unspecified atom stereocenters. The Kier molecular flexibility index (Phi) is 6.63. The highest BCUT2D eigenvalue weighted by molar-refractivity contribution is 7.91. The van der Waals surface area contributed by atoms with Gasteiger partial charge >= 0.3 is 5.97 Å². The van der Waals surface area contributed by atoms with E-state index >= 15 is 0 Å². The number of hydrogen-bond acceptors (Lipinski definition) is 9. The van der Waals surface area contributed by atoms with Gasteiger partial charge in [0.15, 0.2) is 15.9 Å². The largest absolute Gasteiger partial charge is 0.452 e. The van der Waals surface area contributed by atoms with Gasteiger partial charge in [0.2, 0.25) is 0 Å². The minimum absolute atomic E-state index is 0.0339. The summed E-state index contributed by atoms with van der Waals surface area (Å²) in [4.78, 5) is 40.2. The van der Waals surface area contributed by atoms with Crippen molar-refractivity contribution < 1.29 is 22.7 Å². The third-order valence-corrected chi connectivity index (χ3v) is 9.68. The smallest absolute Gasteiger partial charge is 0.309 e. The lowest BCUT2D eigenvalue weighted by molar-refractivity contribution is -0.163. The number of aryl methyl sites for hydroxylation is 2. The number of anilines is 1. The summed E-state index contributed by atoms with van der Waals surface area (Å²) in [7, 11) is -1.52. The number of amides is 1. The summed E-state index contributed by atoms with van der Waals surface area (Å²) >= 11 is 1.66. The first-order valence-electron chi connectivity index (χ1n) is 11.2. The van der Waals surface area contributed by atoms with Crippen LogP contribution in [0.2, 0.25) is 0 Å². The summed E-state index contributed by atoms with van der Waals surface area (Å²) in [5.74, 6) is -0.0616. The first-order chi connectivity index (χ1) is 15.6. The highest BCUT2D eigenvalue weighted by atomic mass is 32.2. The van der Waals surface area contributed by atoms with E-state index in [1.54, 1.807) is 31.6 Å². The van der Waals surface area contributed by atoms with Crippen LogP contribution in [0.1, 0.15) is 36.6 Å². The number of carbonyl (C=O) groups is 2. The van der Waals surface area contributed by atoms with Crippen LogP contribution in [0.5, 0.6) is 0 Å². The number of ether oxygens (including phenoxy) is 1. The number of sulfone groups is 1. The summed E-state index contributed by atoms with van der Waals surface area (Å²) in [6.45, 7) is 7.06. The number of hydrogen-bond donors (Lipinski definition) is 0. The second-order valence-electron chi connectivity index (χ2n) is 9.01. The van der Waals surface area contributed by atoms with Crippen LogP contribution < -0.4 is 4.90 Å². The first-order valence-corrected chi connectivity index (χ1v) is 13.8. The Hall–Kier alpha value is -2.27. The van der Waals surface area contributed by atoms with Crippen LogP contribution in [0.15, 0.2) is 6.33 Å².